The average molecular weight is 380 g/mol. The van der Waals surface area contributed by atoms with Gasteiger partial charge in [-0.2, -0.15) is 10.5 Å². The molecule has 2 aliphatic rings. The molecule has 2 heterocycles. The van der Waals surface area contributed by atoms with Crippen LogP contribution < -0.4 is 10.2 Å². The summed E-state index contributed by atoms with van der Waals surface area (Å²) < 4.78 is 0. The van der Waals surface area contributed by atoms with Crippen LogP contribution in [0.2, 0.25) is 0 Å². The SMILES string of the molecule is C[C@@H]1Cc2ccccc2N1C(=O)CSC1=C(C#N)C(C)(C)[C@@H](C#N)C(=O)N1. The summed E-state index contributed by atoms with van der Waals surface area (Å²) in [5.41, 5.74) is 1.50. The molecule has 2 amide bonds. The summed E-state index contributed by atoms with van der Waals surface area (Å²) in [7, 11) is 0. The summed E-state index contributed by atoms with van der Waals surface area (Å²) in [4.78, 5) is 26.9. The van der Waals surface area contributed by atoms with Crippen LogP contribution in [0.4, 0.5) is 5.69 Å². The number of hydrogen-bond donors (Lipinski definition) is 1. The number of benzene rings is 1. The van der Waals surface area contributed by atoms with E-state index in [0.717, 1.165) is 29.4 Å². The summed E-state index contributed by atoms with van der Waals surface area (Å²) in [6.45, 7) is 5.42. The van der Waals surface area contributed by atoms with Crippen LogP contribution in [0, 0.1) is 34.0 Å². The normalized spacial score (nSPS) is 23.3. The molecule has 2 atom stereocenters. The maximum absolute atomic E-state index is 12.9. The number of allylic oxidation sites excluding steroid dienone is 1. The molecule has 0 saturated heterocycles. The first-order chi connectivity index (χ1) is 12.8. The third-order valence-electron chi connectivity index (χ3n) is 5.15. The zero-order valence-electron chi connectivity index (χ0n) is 15.4. The minimum Gasteiger partial charge on any atom is -0.319 e. The molecule has 0 fully saturated rings. The molecule has 7 heteroatoms. The third kappa shape index (κ3) is 3.20. The van der Waals surface area contributed by atoms with Crippen LogP contribution >= 0.6 is 11.8 Å². The number of fused-ring (bicyclic) bond motifs is 1. The molecule has 0 aromatic heterocycles. The largest absolute Gasteiger partial charge is 0.319 e. The number of amides is 2. The van der Waals surface area contributed by atoms with E-state index in [0.29, 0.717) is 10.6 Å². The van der Waals surface area contributed by atoms with Crippen LogP contribution in [0.1, 0.15) is 26.3 Å². The fourth-order valence-electron chi connectivity index (χ4n) is 3.68. The quantitative estimate of drug-likeness (QED) is 0.870. The first-order valence-corrected chi connectivity index (χ1v) is 9.68. The number of nitriles is 2. The Hall–Kier alpha value is -2.77. The van der Waals surface area contributed by atoms with E-state index in [-0.39, 0.29) is 17.7 Å². The summed E-state index contributed by atoms with van der Waals surface area (Å²) >= 11 is 1.14. The fraction of sp³-hybridized carbons (Fsp3) is 0.400. The van der Waals surface area contributed by atoms with Crippen LogP contribution in [0.3, 0.4) is 0 Å². The van der Waals surface area contributed by atoms with E-state index >= 15 is 0 Å². The van der Waals surface area contributed by atoms with Gasteiger partial charge in [0.1, 0.15) is 5.92 Å². The van der Waals surface area contributed by atoms with Crippen molar-refractivity contribution in [3.05, 3.63) is 40.4 Å². The molecule has 0 radical (unpaired) electrons. The number of nitrogens with one attached hydrogen (secondary N) is 1. The van der Waals surface area contributed by atoms with Crippen molar-refractivity contribution in [2.45, 2.75) is 33.2 Å². The molecule has 0 bridgehead atoms. The number of nitrogens with zero attached hydrogens (tertiary/aromatic N) is 3. The Labute approximate surface area is 162 Å². The number of hydrogen-bond acceptors (Lipinski definition) is 5. The van der Waals surface area contributed by atoms with Crippen LogP contribution in [0.15, 0.2) is 34.9 Å². The van der Waals surface area contributed by atoms with Gasteiger partial charge >= 0.3 is 0 Å². The number of carbonyl (C=O) groups is 2. The topological polar surface area (TPSA) is 97.0 Å². The van der Waals surface area contributed by atoms with E-state index in [4.69, 9.17) is 0 Å². The summed E-state index contributed by atoms with van der Waals surface area (Å²) in [5, 5.41) is 21.8. The molecule has 27 heavy (non-hydrogen) atoms. The highest BCUT2D eigenvalue weighted by Gasteiger charge is 2.45. The predicted molar refractivity (Wildman–Crippen MR) is 103 cm³/mol. The molecule has 3 rings (SSSR count). The Bertz CT molecular complexity index is 923. The number of para-hydroxylation sites is 1. The number of rotatable bonds is 3. The van der Waals surface area contributed by atoms with E-state index in [2.05, 4.69) is 11.4 Å². The molecule has 0 spiro atoms. The Morgan fingerprint density at radius 2 is 2.07 bits per heavy atom. The van der Waals surface area contributed by atoms with Crippen LogP contribution in [0.5, 0.6) is 0 Å². The summed E-state index contributed by atoms with van der Waals surface area (Å²) in [6, 6.07) is 12.0. The molecule has 6 nitrogen and oxygen atoms in total. The molecule has 0 unspecified atom stereocenters. The Morgan fingerprint density at radius 3 is 2.74 bits per heavy atom. The van der Waals surface area contributed by atoms with Crippen molar-refractivity contribution in [2.24, 2.45) is 11.3 Å². The van der Waals surface area contributed by atoms with E-state index in [1.165, 1.54) is 0 Å². The zero-order chi connectivity index (χ0) is 19.8. The molecular formula is C20H20N4O2S. The van der Waals surface area contributed by atoms with Crippen molar-refractivity contribution in [3.8, 4) is 12.1 Å². The number of thioether (sulfide) groups is 1. The minimum absolute atomic E-state index is 0.0697. The molecule has 1 aromatic rings. The van der Waals surface area contributed by atoms with Crippen molar-refractivity contribution in [1.29, 1.82) is 10.5 Å². The fourth-order valence-corrected chi connectivity index (χ4v) is 4.72. The summed E-state index contributed by atoms with van der Waals surface area (Å²) in [6.07, 6.45) is 0.812. The lowest BCUT2D eigenvalue weighted by Crippen LogP contribution is -2.45. The maximum atomic E-state index is 12.9. The second kappa shape index (κ2) is 7.09. The van der Waals surface area contributed by atoms with Gasteiger partial charge < -0.3 is 10.2 Å². The van der Waals surface area contributed by atoms with Crippen LogP contribution in [0.25, 0.3) is 0 Å². The molecular weight excluding hydrogens is 360 g/mol. The van der Waals surface area contributed by atoms with Crippen molar-refractivity contribution in [3.63, 3.8) is 0 Å². The van der Waals surface area contributed by atoms with Gasteiger partial charge in [0.2, 0.25) is 11.8 Å². The molecule has 2 aliphatic heterocycles. The first kappa shape index (κ1) is 19.0. The molecule has 138 valence electrons. The van der Waals surface area contributed by atoms with Gasteiger partial charge in [0.15, 0.2) is 0 Å². The Balaban J connectivity index is 1.81. The van der Waals surface area contributed by atoms with E-state index in [9.17, 15) is 20.1 Å². The van der Waals surface area contributed by atoms with Gasteiger partial charge in [-0.3, -0.25) is 9.59 Å². The van der Waals surface area contributed by atoms with E-state index in [1.54, 1.807) is 18.7 Å². The van der Waals surface area contributed by atoms with Crippen molar-refractivity contribution < 1.29 is 9.59 Å². The molecule has 0 aliphatic carbocycles. The van der Waals surface area contributed by atoms with Crippen molar-refractivity contribution >= 4 is 29.3 Å². The van der Waals surface area contributed by atoms with Crippen LogP contribution in [-0.2, 0) is 16.0 Å². The lowest BCUT2D eigenvalue weighted by Gasteiger charge is -2.34. The van der Waals surface area contributed by atoms with Gasteiger partial charge in [0, 0.05) is 17.1 Å². The van der Waals surface area contributed by atoms with Crippen molar-refractivity contribution in [2.75, 3.05) is 10.7 Å². The second-order valence-corrected chi connectivity index (χ2v) is 8.31. The van der Waals surface area contributed by atoms with Gasteiger partial charge in [-0.15, -0.1) is 0 Å². The first-order valence-electron chi connectivity index (χ1n) is 8.69. The lowest BCUT2D eigenvalue weighted by molar-refractivity contribution is -0.125. The van der Waals surface area contributed by atoms with Gasteiger partial charge in [0.25, 0.3) is 0 Å². The lowest BCUT2D eigenvalue weighted by atomic mass is 9.72. The van der Waals surface area contributed by atoms with E-state index in [1.807, 2.05) is 37.3 Å². The molecule has 0 saturated carbocycles. The average Bonchev–Trinajstić information content (AvgIpc) is 2.95. The van der Waals surface area contributed by atoms with Gasteiger partial charge in [-0.05, 0) is 25.0 Å². The third-order valence-corrected chi connectivity index (χ3v) is 6.13. The predicted octanol–water partition coefficient (Wildman–Crippen LogP) is 2.73. The Kier molecular flexibility index (Phi) is 4.99. The smallest absolute Gasteiger partial charge is 0.243 e. The summed E-state index contributed by atoms with van der Waals surface area (Å²) in [5.74, 6) is -1.34. The molecule has 1 N–H and O–H groups in total. The van der Waals surface area contributed by atoms with Gasteiger partial charge in [-0.1, -0.05) is 43.8 Å². The highest BCUT2D eigenvalue weighted by molar-refractivity contribution is 8.03. The number of anilines is 1. The highest BCUT2D eigenvalue weighted by atomic mass is 32.2. The highest BCUT2D eigenvalue weighted by Crippen LogP contribution is 2.42. The van der Waals surface area contributed by atoms with E-state index < -0.39 is 17.2 Å². The van der Waals surface area contributed by atoms with Crippen LogP contribution in [-0.4, -0.2) is 23.6 Å². The van der Waals surface area contributed by atoms with Gasteiger partial charge in [-0.25, -0.2) is 0 Å². The van der Waals surface area contributed by atoms with Gasteiger partial charge in [0.05, 0.1) is 28.5 Å². The molecule has 1 aromatic carbocycles. The second-order valence-electron chi connectivity index (χ2n) is 7.32. The monoisotopic (exact) mass is 380 g/mol. The van der Waals surface area contributed by atoms with Crippen molar-refractivity contribution in [1.82, 2.24) is 5.32 Å². The standard InChI is InChI=1S/C20H20N4O2S/c1-12-8-13-6-4-5-7-16(13)24(12)17(25)11-27-19-15(10-22)20(2,3)14(9-21)18(26)23-19/h4-7,12,14H,8,11H2,1-3H3,(H,23,26)/t12-,14+/m1/s1. The Morgan fingerprint density at radius 1 is 1.37 bits per heavy atom. The zero-order valence-corrected chi connectivity index (χ0v) is 16.3. The minimum atomic E-state index is -0.933. The maximum Gasteiger partial charge on any atom is 0.243 e. The number of carbonyl (C=O) groups excluding carboxylic acids is 2.